The third-order valence-electron chi connectivity index (χ3n) is 2.99. The van der Waals surface area contributed by atoms with Crippen LogP contribution in [0.25, 0.3) is 0 Å². The lowest BCUT2D eigenvalue weighted by molar-refractivity contribution is -0.122. The van der Waals surface area contributed by atoms with Crippen molar-refractivity contribution in [1.29, 1.82) is 0 Å². The van der Waals surface area contributed by atoms with Gasteiger partial charge >= 0.3 is 0 Å². The fourth-order valence-corrected chi connectivity index (χ4v) is 2.06. The number of terminal acetylenes is 2. The zero-order chi connectivity index (χ0) is 15.1. The molecule has 0 heterocycles. The van der Waals surface area contributed by atoms with Gasteiger partial charge in [-0.15, -0.1) is 12.8 Å². The summed E-state index contributed by atoms with van der Waals surface area (Å²) in [6.45, 7) is 5.74. The van der Waals surface area contributed by atoms with Crippen molar-refractivity contribution in [3.05, 3.63) is 29.3 Å². The Morgan fingerprint density at radius 3 is 2.45 bits per heavy atom. The third-order valence-corrected chi connectivity index (χ3v) is 2.99. The number of amides is 1. The largest absolute Gasteiger partial charge is 0.359 e. The molecule has 0 aromatic heterocycles. The summed E-state index contributed by atoms with van der Waals surface area (Å²) in [5.74, 6) is 4.74. The van der Waals surface area contributed by atoms with Gasteiger partial charge in [-0.1, -0.05) is 30.0 Å². The van der Waals surface area contributed by atoms with Crippen molar-refractivity contribution in [2.45, 2.75) is 26.8 Å². The van der Waals surface area contributed by atoms with E-state index in [0.717, 1.165) is 16.8 Å². The van der Waals surface area contributed by atoms with Gasteiger partial charge in [-0.3, -0.25) is 9.69 Å². The molecule has 104 valence electrons. The number of ether oxygens (including phenoxy) is 1. The van der Waals surface area contributed by atoms with Crippen LogP contribution in [0.1, 0.15) is 18.1 Å². The summed E-state index contributed by atoms with van der Waals surface area (Å²) in [5, 5.41) is 0. The van der Waals surface area contributed by atoms with E-state index in [1.165, 1.54) is 0 Å². The third kappa shape index (κ3) is 3.63. The van der Waals surface area contributed by atoms with E-state index in [0.29, 0.717) is 0 Å². The number of anilines is 1. The molecule has 1 unspecified atom stereocenters. The molecule has 1 rings (SSSR count). The molecule has 3 heteroatoms. The molecule has 0 saturated heterocycles. The Morgan fingerprint density at radius 1 is 1.35 bits per heavy atom. The first kappa shape index (κ1) is 15.8. The average Bonchev–Trinajstić information content (AvgIpc) is 2.42. The second-order valence-corrected chi connectivity index (χ2v) is 4.54. The van der Waals surface area contributed by atoms with Gasteiger partial charge < -0.3 is 4.74 Å². The quantitative estimate of drug-likeness (QED) is 0.606. The minimum absolute atomic E-state index is 0.0794. The molecule has 0 saturated carbocycles. The second-order valence-electron chi connectivity index (χ2n) is 4.54. The number of hydrogen-bond acceptors (Lipinski definition) is 2. The first-order chi connectivity index (χ1) is 9.52. The summed E-state index contributed by atoms with van der Waals surface area (Å²) in [5.41, 5.74) is 2.84. The van der Waals surface area contributed by atoms with Crippen LogP contribution in [0.2, 0.25) is 0 Å². The van der Waals surface area contributed by atoms with Crippen LogP contribution in [0.3, 0.4) is 0 Å². The number of para-hydroxylation sites is 1. The van der Waals surface area contributed by atoms with Gasteiger partial charge in [-0.05, 0) is 31.9 Å². The van der Waals surface area contributed by atoms with Crippen LogP contribution >= 0.6 is 0 Å². The van der Waals surface area contributed by atoms with Crippen molar-refractivity contribution in [1.82, 2.24) is 0 Å². The highest BCUT2D eigenvalue weighted by molar-refractivity contribution is 5.96. The van der Waals surface area contributed by atoms with Crippen molar-refractivity contribution < 1.29 is 9.53 Å². The highest BCUT2D eigenvalue weighted by Gasteiger charge is 2.23. The number of rotatable bonds is 5. The van der Waals surface area contributed by atoms with E-state index < -0.39 is 0 Å². The smallest absolute Gasteiger partial charge is 0.254 e. The Hall–Kier alpha value is -2.23. The second kappa shape index (κ2) is 7.38. The summed E-state index contributed by atoms with van der Waals surface area (Å²) in [6, 6.07) is 5.51. The Balaban J connectivity index is 3.11. The van der Waals surface area contributed by atoms with Gasteiger partial charge in [0.2, 0.25) is 0 Å². The fraction of sp³-hybridized carbons (Fsp3) is 0.353. The summed E-state index contributed by atoms with van der Waals surface area (Å²) in [7, 11) is 0. The Morgan fingerprint density at radius 2 is 1.95 bits per heavy atom. The maximum Gasteiger partial charge on any atom is 0.254 e. The number of carbonyl (C=O) groups excluding carboxylic acids is 1. The standard InChI is InChI=1S/C17H19NO2/c1-6-11-20-12-16(19)18(15(5)7-2)17-13(3)9-8-10-14(17)4/h1-2,8-10,15H,11-12H2,3-5H3. The number of benzene rings is 1. The summed E-state index contributed by atoms with van der Waals surface area (Å²) >= 11 is 0. The first-order valence-corrected chi connectivity index (χ1v) is 6.38. The SMILES string of the molecule is C#CCOCC(=O)N(c1c(C)cccc1C)C(C)C#C. The van der Waals surface area contributed by atoms with Crippen molar-refractivity contribution in [2.24, 2.45) is 0 Å². The number of hydrogen-bond donors (Lipinski definition) is 0. The molecular weight excluding hydrogens is 250 g/mol. The van der Waals surface area contributed by atoms with E-state index in [1.54, 1.807) is 4.90 Å². The predicted molar refractivity (Wildman–Crippen MR) is 81.3 cm³/mol. The summed E-state index contributed by atoms with van der Waals surface area (Å²) < 4.78 is 5.13. The van der Waals surface area contributed by atoms with Crippen LogP contribution in [0.15, 0.2) is 18.2 Å². The first-order valence-electron chi connectivity index (χ1n) is 6.38. The van der Waals surface area contributed by atoms with Gasteiger partial charge in [0.05, 0.1) is 11.7 Å². The minimum atomic E-state index is -0.350. The monoisotopic (exact) mass is 269 g/mol. The lowest BCUT2D eigenvalue weighted by atomic mass is 10.1. The van der Waals surface area contributed by atoms with Gasteiger partial charge in [0.25, 0.3) is 5.91 Å². The van der Waals surface area contributed by atoms with Crippen LogP contribution in [-0.4, -0.2) is 25.2 Å². The topological polar surface area (TPSA) is 29.5 Å². The highest BCUT2D eigenvalue weighted by Crippen LogP contribution is 2.26. The molecule has 1 aromatic carbocycles. The number of carbonyl (C=O) groups is 1. The molecule has 0 aliphatic rings. The maximum absolute atomic E-state index is 12.4. The molecule has 0 bridgehead atoms. The van der Waals surface area contributed by atoms with Gasteiger partial charge in [0, 0.05) is 0 Å². The lowest BCUT2D eigenvalue weighted by Crippen LogP contribution is -2.41. The van der Waals surface area contributed by atoms with Crippen LogP contribution in [0, 0.1) is 38.5 Å². The average molecular weight is 269 g/mol. The van der Waals surface area contributed by atoms with Gasteiger partial charge in [0.15, 0.2) is 0 Å². The van der Waals surface area contributed by atoms with Crippen molar-refractivity contribution >= 4 is 11.6 Å². The zero-order valence-corrected chi connectivity index (χ0v) is 12.1. The molecule has 0 radical (unpaired) electrons. The number of aryl methyl sites for hydroxylation is 2. The molecule has 1 aromatic rings. The van der Waals surface area contributed by atoms with E-state index in [9.17, 15) is 4.79 Å². The van der Waals surface area contributed by atoms with Gasteiger partial charge in [-0.25, -0.2) is 0 Å². The normalized spacial score (nSPS) is 11.2. The Labute approximate surface area is 120 Å². The molecule has 0 aliphatic heterocycles. The lowest BCUT2D eigenvalue weighted by Gasteiger charge is -2.29. The van der Waals surface area contributed by atoms with Crippen molar-refractivity contribution in [3.63, 3.8) is 0 Å². The van der Waals surface area contributed by atoms with E-state index in [2.05, 4.69) is 11.8 Å². The highest BCUT2D eigenvalue weighted by atomic mass is 16.5. The number of nitrogens with zero attached hydrogens (tertiary/aromatic N) is 1. The summed E-state index contributed by atoms with van der Waals surface area (Å²) in [4.78, 5) is 14.0. The van der Waals surface area contributed by atoms with Crippen LogP contribution < -0.4 is 4.90 Å². The van der Waals surface area contributed by atoms with Crippen LogP contribution in [-0.2, 0) is 9.53 Å². The Kier molecular flexibility index (Phi) is 5.84. The molecule has 1 atom stereocenters. The van der Waals surface area contributed by atoms with Crippen molar-refractivity contribution in [2.75, 3.05) is 18.1 Å². The Bertz CT molecular complexity index is 543. The molecule has 1 amide bonds. The fourth-order valence-electron chi connectivity index (χ4n) is 2.06. The van der Waals surface area contributed by atoms with Crippen LogP contribution in [0.5, 0.6) is 0 Å². The van der Waals surface area contributed by atoms with E-state index >= 15 is 0 Å². The minimum Gasteiger partial charge on any atom is -0.359 e. The van der Waals surface area contributed by atoms with E-state index in [4.69, 9.17) is 17.6 Å². The van der Waals surface area contributed by atoms with Crippen LogP contribution in [0.4, 0.5) is 5.69 Å². The molecule has 0 fully saturated rings. The predicted octanol–water partition coefficient (Wildman–Crippen LogP) is 2.31. The van der Waals surface area contributed by atoms with Crippen molar-refractivity contribution in [3.8, 4) is 24.7 Å². The van der Waals surface area contributed by atoms with Gasteiger partial charge in [0.1, 0.15) is 13.2 Å². The molecule has 20 heavy (non-hydrogen) atoms. The molecular formula is C17H19NO2. The molecule has 0 aliphatic carbocycles. The zero-order valence-electron chi connectivity index (χ0n) is 12.1. The maximum atomic E-state index is 12.4. The molecule has 0 spiro atoms. The molecule has 3 nitrogen and oxygen atoms in total. The summed E-state index contributed by atoms with van der Waals surface area (Å²) in [6.07, 6.45) is 10.6. The molecule has 0 N–H and O–H groups in total. The van der Waals surface area contributed by atoms with E-state index in [1.807, 2.05) is 39.0 Å². The van der Waals surface area contributed by atoms with Gasteiger partial charge in [-0.2, -0.15) is 0 Å². The van der Waals surface area contributed by atoms with E-state index in [-0.39, 0.29) is 25.2 Å².